The third-order valence-electron chi connectivity index (χ3n) is 14.7. The van der Waals surface area contributed by atoms with Crippen molar-refractivity contribution >= 4 is 91.9 Å². The molecule has 2 aromatic heterocycles. The number of aromatic nitrogens is 1. The van der Waals surface area contributed by atoms with Crippen molar-refractivity contribution in [3.05, 3.63) is 242 Å². The summed E-state index contributed by atoms with van der Waals surface area (Å²) in [5, 5.41) is 10.1. The summed E-state index contributed by atoms with van der Waals surface area (Å²) in [7, 11) is 0. The smallest absolute Gasteiger partial charge is 0.0546 e. The van der Waals surface area contributed by atoms with E-state index in [-0.39, 0.29) is 5.41 Å². The summed E-state index contributed by atoms with van der Waals surface area (Å²) in [4.78, 5) is 2.58. The highest BCUT2D eigenvalue weighted by molar-refractivity contribution is 7.26. The molecule has 2 nitrogen and oxygen atoms in total. The molecule has 68 heavy (non-hydrogen) atoms. The molecule has 3 heteroatoms. The van der Waals surface area contributed by atoms with E-state index in [2.05, 4.69) is 254 Å². The molecule has 11 aromatic carbocycles. The fraction of sp³-hybridized carbons (Fsp3) is 0.0462. The fourth-order valence-electron chi connectivity index (χ4n) is 11.8. The van der Waals surface area contributed by atoms with Gasteiger partial charge in [-0.3, -0.25) is 0 Å². The number of hydrogen-bond acceptors (Lipinski definition) is 2. The molecular weight excluding hydrogens is 841 g/mol. The van der Waals surface area contributed by atoms with Crippen molar-refractivity contribution in [1.29, 1.82) is 0 Å². The highest BCUT2D eigenvalue weighted by Gasteiger charge is 2.39. The Bertz CT molecular complexity index is 4150. The minimum Gasteiger partial charge on any atom is -0.309 e. The second-order valence-corrected chi connectivity index (χ2v) is 19.9. The van der Waals surface area contributed by atoms with Gasteiger partial charge >= 0.3 is 0 Å². The molecule has 1 aliphatic carbocycles. The topological polar surface area (TPSA) is 8.17 Å². The van der Waals surface area contributed by atoms with Crippen molar-refractivity contribution in [1.82, 2.24) is 4.57 Å². The van der Waals surface area contributed by atoms with Crippen LogP contribution in [0.2, 0.25) is 0 Å². The Morgan fingerprint density at radius 1 is 0.412 bits per heavy atom. The number of thiophene rings is 1. The molecule has 0 bridgehead atoms. The standard InChI is InChI=1S/C65H44N2S/c1-65(2)56-30-10-7-24-49(56)54-29-16-34-60(63(54)65)67(45-21-14-20-44(40-45)66-57-31-11-8-25-50(57)51-26-9-12-32-58(51)66)59-33-15-28-53(48-27-13-19-41-17-3-5-22-46(41)48)62(59)43-36-37-52-55-38-35-42-18-4-6-23-47(42)64(55)68-61(52)39-43/h3-40H,1-2H3. The van der Waals surface area contributed by atoms with Crippen molar-refractivity contribution in [2.75, 3.05) is 4.90 Å². The molecule has 14 rings (SSSR count). The van der Waals surface area contributed by atoms with E-state index in [1.165, 1.54) is 114 Å². The average molecular weight is 885 g/mol. The fourth-order valence-corrected chi connectivity index (χ4v) is 13.0. The van der Waals surface area contributed by atoms with Gasteiger partial charge in [0.2, 0.25) is 0 Å². The summed E-state index contributed by atoms with van der Waals surface area (Å²) >= 11 is 1.91. The minimum absolute atomic E-state index is 0.266. The molecular formula is C65H44N2S. The van der Waals surface area contributed by atoms with E-state index in [0.29, 0.717) is 0 Å². The van der Waals surface area contributed by atoms with E-state index >= 15 is 0 Å². The van der Waals surface area contributed by atoms with Gasteiger partial charge in [0.15, 0.2) is 0 Å². The molecule has 0 radical (unpaired) electrons. The molecule has 0 saturated carbocycles. The molecule has 2 heterocycles. The van der Waals surface area contributed by atoms with Crippen molar-refractivity contribution < 1.29 is 0 Å². The van der Waals surface area contributed by atoms with Gasteiger partial charge in [-0.2, -0.15) is 0 Å². The molecule has 0 unspecified atom stereocenters. The average Bonchev–Trinajstić information content (AvgIpc) is 4.02. The van der Waals surface area contributed by atoms with Crippen molar-refractivity contribution in [3.63, 3.8) is 0 Å². The largest absolute Gasteiger partial charge is 0.309 e. The SMILES string of the molecule is CC1(C)c2ccccc2-c2cccc(N(c3cccc(-n4c5ccccc5c5ccccc54)c3)c3cccc(-c4cccc5ccccc45)c3-c3ccc4c(c3)sc3c5ccccc5ccc43)c21. The van der Waals surface area contributed by atoms with E-state index in [1.807, 2.05) is 11.3 Å². The summed E-state index contributed by atoms with van der Waals surface area (Å²) < 4.78 is 5.06. The second-order valence-electron chi connectivity index (χ2n) is 18.8. The molecule has 0 aliphatic heterocycles. The number of rotatable bonds is 6. The van der Waals surface area contributed by atoms with Crippen LogP contribution in [-0.4, -0.2) is 4.57 Å². The lowest BCUT2D eigenvalue weighted by atomic mass is 9.81. The monoisotopic (exact) mass is 884 g/mol. The Hall–Kier alpha value is -8.24. The maximum absolute atomic E-state index is 2.58. The van der Waals surface area contributed by atoms with Gasteiger partial charge in [0.1, 0.15) is 0 Å². The summed E-state index contributed by atoms with van der Waals surface area (Å²) in [5.74, 6) is 0. The van der Waals surface area contributed by atoms with Crippen LogP contribution in [0, 0.1) is 0 Å². The number of benzene rings is 11. The van der Waals surface area contributed by atoms with Crippen molar-refractivity contribution in [3.8, 4) is 39.1 Å². The number of para-hydroxylation sites is 2. The first-order chi connectivity index (χ1) is 33.5. The van der Waals surface area contributed by atoms with E-state index in [9.17, 15) is 0 Å². The molecule has 0 spiro atoms. The zero-order chi connectivity index (χ0) is 45.1. The number of fused-ring (bicyclic) bond motifs is 12. The molecule has 0 amide bonds. The van der Waals surface area contributed by atoms with Crippen LogP contribution in [0.4, 0.5) is 17.1 Å². The quantitative estimate of drug-likeness (QED) is 0.162. The highest BCUT2D eigenvalue weighted by atomic mass is 32.1. The summed E-state index contributed by atoms with van der Waals surface area (Å²) in [6.07, 6.45) is 0. The van der Waals surface area contributed by atoms with Gasteiger partial charge in [-0.1, -0.05) is 196 Å². The van der Waals surface area contributed by atoms with Gasteiger partial charge in [0, 0.05) is 53.3 Å². The third-order valence-corrected chi connectivity index (χ3v) is 15.9. The second kappa shape index (κ2) is 14.9. The Kier molecular flexibility index (Phi) is 8.53. The van der Waals surface area contributed by atoms with Crippen LogP contribution in [0.5, 0.6) is 0 Å². The van der Waals surface area contributed by atoms with Crippen LogP contribution in [0.25, 0.3) is 103 Å². The lowest BCUT2D eigenvalue weighted by Crippen LogP contribution is -2.21. The first-order valence-corrected chi connectivity index (χ1v) is 24.4. The minimum atomic E-state index is -0.266. The molecule has 13 aromatic rings. The van der Waals surface area contributed by atoms with Crippen LogP contribution in [0.3, 0.4) is 0 Å². The predicted octanol–water partition coefficient (Wildman–Crippen LogP) is 18.6. The first-order valence-electron chi connectivity index (χ1n) is 23.6. The number of anilines is 3. The van der Waals surface area contributed by atoms with Gasteiger partial charge in [-0.25, -0.2) is 0 Å². The van der Waals surface area contributed by atoms with Crippen LogP contribution in [-0.2, 0) is 5.41 Å². The van der Waals surface area contributed by atoms with E-state index in [1.54, 1.807) is 0 Å². The van der Waals surface area contributed by atoms with Gasteiger partial charge in [0.25, 0.3) is 0 Å². The van der Waals surface area contributed by atoms with Gasteiger partial charge < -0.3 is 9.47 Å². The molecule has 1 aliphatic rings. The van der Waals surface area contributed by atoms with E-state index in [0.717, 1.165) is 17.1 Å². The first kappa shape index (κ1) is 39.0. The van der Waals surface area contributed by atoms with Crippen LogP contribution < -0.4 is 4.90 Å². The Labute approximate surface area is 399 Å². The normalized spacial score (nSPS) is 13.0. The van der Waals surface area contributed by atoms with Crippen molar-refractivity contribution in [2.24, 2.45) is 0 Å². The van der Waals surface area contributed by atoms with E-state index in [4.69, 9.17) is 0 Å². The van der Waals surface area contributed by atoms with Gasteiger partial charge in [-0.15, -0.1) is 11.3 Å². The molecule has 320 valence electrons. The maximum Gasteiger partial charge on any atom is 0.0546 e. The lowest BCUT2D eigenvalue weighted by molar-refractivity contribution is 0.661. The maximum atomic E-state index is 2.58. The number of nitrogens with zero attached hydrogens (tertiary/aromatic N) is 2. The lowest BCUT2D eigenvalue weighted by Gasteiger charge is -2.34. The van der Waals surface area contributed by atoms with Crippen LogP contribution in [0.1, 0.15) is 25.0 Å². The van der Waals surface area contributed by atoms with Crippen molar-refractivity contribution in [2.45, 2.75) is 19.3 Å². The van der Waals surface area contributed by atoms with Crippen LogP contribution in [0.15, 0.2) is 231 Å². The third kappa shape index (κ3) is 5.70. The molecule has 0 N–H and O–H groups in total. The molecule has 0 fully saturated rings. The van der Waals surface area contributed by atoms with Gasteiger partial charge in [0.05, 0.1) is 22.4 Å². The summed E-state index contributed by atoms with van der Waals surface area (Å²) in [6, 6.07) is 85.9. The van der Waals surface area contributed by atoms with Crippen LogP contribution >= 0.6 is 11.3 Å². The zero-order valence-electron chi connectivity index (χ0n) is 37.7. The summed E-state index contributed by atoms with van der Waals surface area (Å²) in [5.41, 5.74) is 16.7. The van der Waals surface area contributed by atoms with Gasteiger partial charge in [-0.05, 0) is 109 Å². The molecule has 0 saturated heterocycles. The van der Waals surface area contributed by atoms with E-state index < -0.39 is 0 Å². The summed E-state index contributed by atoms with van der Waals surface area (Å²) in [6.45, 7) is 4.81. The highest BCUT2D eigenvalue weighted by Crippen LogP contribution is 2.56. The predicted molar refractivity (Wildman–Crippen MR) is 292 cm³/mol. The Morgan fingerprint density at radius 3 is 1.81 bits per heavy atom. The Morgan fingerprint density at radius 2 is 1.00 bits per heavy atom. The number of hydrogen-bond donors (Lipinski definition) is 0. The zero-order valence-corrected chi connectivity index (χ0v) is 38.6. The molecule has 0 atom stereocenters. The Balaban J connectivity index is 1.09.